The van der Waals surface area contributed by atoms with Gasteiger partial charge in [0.2, 0.25) is 0 Å². The maximum absolute atomic E-state index is 12.9. The van der Waals surface area contributed by atoms with Crippen LogP contribution in [0.15, 0.2) is 42.5 Å². The summed E-state index contributed by atoms with van der Waals surface area (Å²) in [4.78, 5) is 14.9. The highest BCUT2D eigenvalue weighted by molar-refractivity contribution is 6.07. The third-order valence-electron chi connectivity index (χ3n) is 4.32. The Morgan fingerprint density at radius 1 is 1.24 bits per heavy atom. The minimum absolute atomic E-state index is 0.174. The summed E-state index contributed by atoms with van der Waals surface area (Å²) >= 11 is 0. The Morgan fingerprint density at radius 2 is 2.05 bits per heavy atom. The molecule has 3 rings (SSSR count). The van der Waals surface area contributed by atoms with E-state index < -0.39 is 0 Å². The van der Waals surface area contributed by atoms with Crippen LogP contribution < -0.4 is 5.32 Å². The zero-order valence-electron chi connectivity index (χ0n) is 12.5. The van der Waals surface area contributed by atoms with E-state index in [0.29, 0.717) is 5.92 Å². The van der Waals surface area contributed by atoms with E-state index >= 15 is 0 Å². The van der Waals surface area contributed by atoms with Gasteiger partial charge in [0.1, 0.15) is 0 Å². The van der Waals surface area contributed by atoms with E-state index in [2.05, 4.69) is 17.4 Å². The Labute approximate surface area is 125 Å². The standard InChI is InChI=1S/C18H22N2O/c1-19-12-14-6-5-11-20(13-14)18(21)17-10-4-8-15-7-2-3-9-16(15)17/h2-4,7-10,14,19H,5-6,11-13H2,1H3. The molecule has 1 heterocycles. The first-order chi connectivity index (χ1) is 10.3. The largest absolute Gasteiger partial charge is 0.338 e. The van der Waals surface area contributed by atoms with E-state index in [1.807, 2.05) is 42.3 Å². The minimum atomic E-state index is 0.174. The number of nitrogens with zero attached hydrogens (tertiary/aromatic N) is 1. The van der Waals surface area contributed by atoms with E-state index in [1.165, 1.54) is 6.42 Å². The fourth-order valence-corrected chi connectivity index (χ4v) is 3.29. The number of rotatable bonds is 3. The van der Waals surface area contributed by atoms with Gasteiger partial charge >= 0.3 is 0 Å². The molecule has 3 nitrogen and oxygen atoms in total. The number of likely N-dealkylation sites (tertiary alicyclic amines) is 1. The molecule has 1 aliphatic rings. The quantitative estimate of drug-likeness (QED) is 0.939. The highest BCUT2D eigenvalue weighted by atomic mass is 16.2. The summed E-state index contributed by atoms with van der Waals surface area (Å²) in [7, 11) is 1.98. The molecular weight excluding hydrogens is 260 g/mol. The Morgan fingerprint density at radius 3 is 2.90 bits per heavy atom. The molecule has 0 aromatic heterocycles. The fraction of sp³-hybridized carbons (Fsp3) is 0.389. The van der Waals surface area contributed by atoms with Crippen LogP contribution in [0.2, 0.25) is 0 Å². The van der Waals surface area contributed by atoms with E-state index in [1.54, 1.807) is 0 Å². The van der Waals surface area contributed by atoms with Crippen LogP contribution in [-0.4, -0.2) is 37.5 Å². The molecule has 0 aliphatic carbocycles. The molecule has 1 saturated heterocycles. The number of hydrogen-bond acceptors (Lipinski definition) is 2. The molecule has 1 unspecified atom stereocenters. The van der Waals surface area contributed by atoms with Gasteiger partial charge in [-0.3, -0.25) is 4.79 Å². The van der Waals surface area contributed by atoms with Crippen molar-refractivity contribution in [3.63, 3.8) is 0 Å². The Balaban J connectivity index is 1.86. The first-order valence-electron chi connectivity index (χ1n) is 7.71. The van der Waals surface area contributed by atoms with Gasteiger partial charge in [-0.1, -0.05) is 36.4 Å². The molecule has 1 atom stereocenters. The molecule has 0 radical (unpaired) electrons. The van der Waals surface area contributed by atoms with Gasteiger partial charge in [0.05, 0.1) is 0 Å². The first-order valence-corrected chi connectivity index (χ1v) is 7.71. The van der Waals surface area contributed by atoms with Crippen molar-refractivity contribution < 1.29 is 4.79 Å². The van der Waals surface area contributed by atoms with E-state index in [9.17, 15) is 4.79 Å². The minimum Gasteiger partial charge on any atom is -0.338 e. The number of amides is 1. The SMILES string of the molecule is CNCC1CCCN(C(=O)c2cccc3ccccc23)C1. The zero-order chi connectivity index (χ0) is 14.7. The molecule has 0 saturated carbocycles. The summed E-state index contributed by atoms with van der Waals surface area (Å²) in [6.07, 6.45) is 2.31. The molecule has 1 N–H and O–H groups in total. The zero-order valence-corrected chi connectivity index (χ0v) is 12.5. The predicted octanol–water partition coefficient (Wildman–Crippen LogP) is 2.91. The number of carbonyl (C=O) groups excluding carboxylic acids is 1. The van der Waals surface area contributed by atoms with Gasteiger partial charge in [0, 0.05) is 18.7 Å². The average Bonchev–Trinajstić information content (AvgIpc) is 2.54. The molecule has 110 valence electrons. The molecule has 0 spiro atoms. The second kappa shape index (κ2) is 6.27. The second-order valence-corrected chi connectivity index (χ2v) is 5.84. The highest BCUT2D eigenvalue weighted by Gasteiger charge is 2.24. The van der Waals surface area contributed by atoms with Crippen molar-refractivity contribution in [2.24, 2.45) is 5.92 Å². The summed E-state index contributed by atoms with van der Waals surface area (Å²) in [5.74, 6) is 0.746. The fourth-order valence-electron chi connectivity index (χ4n) is 3.29. The molecule has 1 amide bonds. The van der Waals surface area contributed by atoms with Crippen molar-refractivity contribution in [3.05, 3.63) is 48.0 Å². The van der Waals surface area contributed by atoms with Crippen LogP contribution >= 0.6 is 0 Å². The van der Waals surface area contributed by atoms with E-state index in [-0.39, 0.29) is 5.91 Å². The summed E-state index contributed by atoms with van der Waals surface area (Å²) in [5.41, 5.74) is 0.832. The average molecular weight is 282 g/mol. The second-order valence-electron chi connectivity index (χ2n) is 5.84. The molecule has 2 aromatic carbocycles. The lowest BCUT2D eigenvalue weighted by Gasteiger charge is -2.33. The summed E-state index contributed by atoms with van der Waals surface area (Å²) in [5, 5.41) is 5.42. The maximum Gasteiger partial charge on any atom is 0.254 e. The van der Waals surface area contributed by atoms with Gasteiger partial charge in [0.25, 0.3) is 5.91 Å². The van der Waals surface area contributed by atoms with Gasteiger partial charge < -0.3 is 10.2 Å². The number of carbonyl (C=O) groups is 1. The van der Waals surface area contributed by atoms with Crippen LogP contribution in [0.1, 0.15) is 23.2 Å². The number of nitrogens with one attached hydrogen (secondary N) is 1. The monoisotopic (exact) mass is 282 g/mol. The molecule has 21 heavy (non-hydrogen) atoms. The third kappa shape index (κ3) is 2.93. The molecule has 0 bridgehead atoms. The lowest BCUT2D eigenvalue weighted by Crippen LogP contribution is -2.42. The van der Waals surface area contributed by atoms with Crippen molar-refractivity contribution in [2.45, 2.75) is 12.8 Å². The number of hydrogen-bond donors (Lipinski definition) is 1. The molecule has 2 aromatic rings. The van der Waals surface area contributed by atoms with Gasteiger partial charge in [-0.25, -0.2) is 0 Å². The van der Waals surface area contributed by atoms with Crippen molar-refractivity contribution in [3.8, 4) is 0 Å². The van der Waals surface area contributed by atoms with Gasteiger partial charge in [0.15, 0.2) is 0 Å². The summed E-state index contributed by atoms with van der Waals surface area (Å²) < 4.78 is 0. The van der Waals surface area contributed by atoms with Crippen molar-refractivity contribution >= 4 is 16.7 Å². The lowest BCUT2D eigenvalue weighted by molar-refractivity contribution is 0.0676. The van der Waals surface area contributed by atoms with Crippen LogP contribution in [-0.2, 0) is 0 Å². The van der Waals surface area contributed by atoms with Crippen LogP contribution in [0.3, 0.4) is 0 Å². The molecule has 1 aliphatic heterocycles. The Hall–Kier alpha value is -1.87. The van der Waals surface area contributed by atoms with Crippen molar-refractivity contribution in [1.82, 2.24) is 10.2 Å². The summed E-state index contributed by atoms with van der Waals surface area (Å²) in [6.45, 7) is 2.73. The highest BCUT2D eigenvalue weighted by Crippen LogP contribution is 2.23. The number of fused-ring (bicyclic) bond motifs is 1. The van der Waals surface area contributed by atoms with Crippen LogP contribution in [0.25, 0.3) is 10.8 Å². The third-order valence-corrected chi connectivity index (χ3v) is 4.32. The smallest absolute Gasteiger partial charge is 0.254 e. The van der Waals surface area contributed by atoms with Crippen LogP contribution in [0, 0.1) is 5.92 Å². The first kappa shape index (κ1) is 14.1. The van der Waals surface area contributed by atoms with Crippen molar-refractivity contribution in [2.75, 3.05) is 26.7 Å². The van der Waals surface area contributed by atoms with Gasteiger partial charge in [-0.15, -0.1) is 0 Å². The molecular formula is C18H22N2O. The van der Waals surface area contributed by atoms with Crippen LogP contribution in [0.5, 0.6) is 0 Å². The van der Waals surface area contributed by atoms with E-state index in [4.69, 9.17) is 0 Å². The maximum atomic E-state index is 12.9. The number of piperidine rings is 1. The molecule has 1 fully saturated rings. The topological polar surface area (TPSA) is 32.3 Å². The van der Waals surface area contributed by atoms with Crippen LogP contribution in [0.4, 0.5) is 0 Å². The Kier molecular flexibility index (Phi) is 4.20. The summed E-state index contributed by atoms with van der Waals surface area (Å²) in [6, 6.07) is 14.1. The van der Waals surface area contributed by atoms with Gasteiger partial charge in [-0.2, -0.15) is 0 Å². The van der Waals surface area contributed by atoms with E-state index in [0.717, 1.165) is 42.4 Å². The predicted molar refractivity (Wildman–Crippen MR) is 86.5 cm³/mol. The van der Waals surface area contributed by atoms with Gasteiger partial charge in [-0.05, 0) is 49.2 Å². The van der Waals surface area contributed by atoms with Crippen molar-refractivity contribution in [1.29, 1.82) is 0 Å². The number of benzene rings is 2. The normalized spacial score (nSPS) is 18.9. The Bertz CT molecular complexity index is 631. The lowest BCUT2D eigenvalue weighted by atomic mass is 9.96. The molecule has 3 heteroatoms.